The molecule has 0 unspecified atom stereocenters. The first kappa shape index (κ1) is 14.9. The Kier molecular flexibility index (Phi) is 5.78. The second-order valence-electron chi connectivity index (χ2n) is 3.68. The summed E-state index contributed by atoms with van der Waals surface area (Å²) >= 11 is 0. The summed E-state index contributed by atoms with van der Waals surface area (Å²) < 4.78 is 22.7. The van der Waals surface area contributed by atoms with Crippen LogP contribution < -0.4 is 10.1 Å². The molecule has 104 valence electrons. The average Bonchev–Trinajstić information content (AvgIpc) is 2.39. The van der Waals surface area contributed by atoms with Crippen LogP contribution in [-0.4, -0.2) is 32.1 Å². The van der Waals surface area contributed by atoms with Gasteiger partial charge in [-0.05, 0) is 37.1 Å². The van der Waals surface area contributed by atoms with Crippen molar-refractivity contribution in [2.24, 2.45) is 0 Å². The summed E-state index contributed by atoms with van der Waals surface area (Å²) in [6, 6.07) is 4.13. The number of nitrogens with one attached hydrogen (secondary N) is 1. The van der Waals surface area contributed by atoms with Crippen molar-refractivity contribution in [2.75, 3.05) is 20.3 Å². The lowest BCUT2D eigenvalue weighted by Crippen LogP contribution is -2.33. The van der Waals surface area contributed by atoms with Crippen LogP contribution in [0.2, 0.25) is 0 Å². The molecule has 6 heteroatoms. The van der Waals surface area contributed by atoms with E-state index in [0.717, 1.165) is 0 Å². The SMILES string of the molecule is CCOC(=O)C(=O)NCCc1cc(F)ccc1OC. The van der Waals surface area contributed by atoms with Crippen LogP contribution in [0.25, 0.3) is 0 Å². The number of ether oxygens (including phenoxy) is 2. The molecule has 1 N–H and O–H groups in total. The van der Waals surface area contributed by atoms with Crippen molar-refractivity contribution in [3.63, 3.8) is 0 Å². The van der Waals surface area contributed by atoms with Crippen molar-refractivity contribution in [3.8, 4) is 5.75 Å². The van der Waals surface area contributed by atoms with Crippen molar-refractivity contribution < 1.29 is 23.5 Å². The van der Waals surface area contributed by atoms with Gasteiger partial charge < -0.3 is 14.8 Å². The normalized spacial score (nSPS) is 9.84. The molecule has 0 radical (unpaired) electrons. The Bertz CT molecular complexity index is 462. The van der Waals surface area contributed by atoms with E-state index in [0.29, 0.717) is 17.7 Å². The molecule has 0 aromatic heterocycles. The molecule has 0 saturated carbocycles. The predicted molar refractivity (Wildman–Crippen MR) is 66.3 cm³/mol. The Labute approximate surface area is 110 Å². The molecule has 0 saturated heterocycles. The molecule has 0 atom stereocenters. The number of rotatable bonds is 5. The van der Waals surface area contributed by atoms with Crippen LogP contribution in [0.5, 0.6) is 5.75 Å². The fraction of sp³-hybridized carbons (Fsp3) is 0.385. The molecule has 0 spiro atoms. The van der Waals surface area contributed by atoms with E-state index in [4.69, 9.17) is 4.74 Å². The average molecular weight is 269 g/mol. The summed E-state index contributed by atoms with van der Waals surface area (Å²) in [6.45, 7) is 1.95. The quantitative estimate of drug-likeness (QED) is 0.641. The zero-order valence-electron chi connectivity index (χ0n) is 10.9. The van der Waals surface area contributed by atoms with Gasteiger partial charge in [-0.2, -0.15) is 0 Å². The van der Waals surface area contributed by atoms with Crippen molar-refractivity contribution in [3.05, 3.63) is 29.6 Å². The van der Waals surface area contributed by atoms with E-state index in [1.54, 1.807) is 6.92 Å². The molecule has 0 aliphatic rings. The second kappa shape index (κ2) is 7.35. The van der Waals surface area contributed by atoms with E-state index in [1.807, 2.05) is 0 Å². The Morgan fingerprint density at radius 2 is 2.11 bits per heavy atom. The second-order valence-corrected chi connectivity index (χ2v) is 3.68. The zero-order valence-corrected chi connectivity index (χ0v) is 10.9. The number of esters is 1. The third-order valence-corrected chi connectivity index (χ3v) is 2.38. The Hall–Kier alpha value is -2.11. The van der Waals surface area contributed by atoms with Gasteiger partial charge in [0.2, 0.25) is 0 Å². The van der Waals surface area contributed by atoms with Crippen LogP contribution in [0.1, 0.15) is 12.5 Å². The summed E-state index contributed by atoms with van der Waals surface area (Å²) in [6.07, 6.45) is 0.353. The summed E-state index contributed by atoms with van der Waals surface area (Å²) in [4.78, 5) is 22.3. The first-order valence-electron chi connectivity index (χ1n) is 5.85. The van der Waals surface area contributed by atoms with Crippen LogP contribution in [0.15, 0.2) is 18.2 Å². The van der Waals surface area contributed by atoms with Crippen LogP contribution in [-0.2, 0) is 20.7 Å². The van der Waals surface area contributed by atoms with Crippen LogP contribution in [0, 0.1) is 5.82 Å². The van der Waals surface area contributed by atoms with E-state index in [9.17, 15) is 14.0 Å². The molecule has 0 aliphatic carbocycles. The third-order valence-electron chi connectivity index (χ3n) is 2.38. The van der Waals surface area contributed by atoms with Crippen molar-refractivity contribution in [1.82, 2.24) is 5.32 Å². The number of halogens is 1. The fourth-order valence-electron chi connectivity index (χ4n) is 1.52. The Balaban J connectivity index is 2.51. The minimum atomic E-state index is -0.922. The summed E-state index contributed by atoms with van der Waals surface area (Å²) in [5, 5.41) is 2.40. The maximum absolute atomic E-state index is 13.1. The molecule has 19 heavy (non-hydrogen) atoms. The molecule has 0 aliphatic heterocycles. The maximum Gasteiger partial charge on any atom is 0.396 e. The lowest BCUT2D eigenvalue weighted by Gasteiger charge is -2.09. The maximum atomic E-state index is 13.1. The Morgan fingerprint density at radius 3 is 2.74 bits per heavy atom. The lowest BCUT2D eigenvalue weighted by molar-refractivity contribution is -0.154. The molecular weight excluding hydrogens is 253 g/mol. The highest BCUT2D eigenvalue weighted by molar-refractivity contribution is 6.32. The van der Waals surface area contributed by atoms with Crippen molar-refractivity contribution in [2.45, 2.75) is 13.3 Å². The van der Waals surface area contributed by atoms with Gasteiger partial charge in [0.25, 0.3) is 0 Å². The van der Waals surface area contributed by atoms with Crippen molar-refractivity contribution in [1.29, 1.82) is 0 Å². The van der Waals surface area contributed by atoms with Gasteiger partial charge in [0, 0.05) is 6.54 Å². The number of hydrogen-bond donors (Lipinski definition) is 1. The van der Waals surface area contributed by atoms with E-state index in [-0.39, 0.29) is 19.0 Å². The number of methoxy groups -OCH3 is 1. The zero-order chi connectivity index (χ0) is 14.3. The molecule has 0 bridgehead atoms. The van der Waals surface area contributed by atoms with Crippen LogP contribution >= 0.6 is 0 Å². The molecule has 0 heterocycles. The highest BCUT2D eigenvalue weighted by Gasteiger charge is 2.14. The van der Waals surface area contributed by atoms with E-state index >= 15 is 0 Å². The van der Waals surface area contributed by atoms with Crippen LogP contribution in [0.3, 0.4) is 0 Å². The highest BCUT2D eigenvalue weighted by atomic mass is 19.1. The number of carbonyl (C=O) groups is 2. The predicted octanol–water partition coefficient (Wildman–Crippen LogP) is 1.06. The van der Waals surface area contributed by atoms with Crippen molar-refractivity contribution >= 4 is 11.9 Å². The van der Waals surface area contributed by atoms with Gasteiger partial charge >= 0.3 is 11.9 Å². The van der Waals surface area contributed by atoms with E-state index in [1.165, 1.54) is 25.3 Å². The lowest BCUT2D eigenvalue weighted by atomic mass is 10.1. The number of hydrogen-bond acceptors (Lipinski definition) is 4. The van der Waals surface area contributed by atoms with Gasteiger partial charge in [-0.3, -0.25) is 4.79 Å². The third kappa shape index (κ3) is 4.57. The highest BCUT2D eigenvalue weighted by Crippen LogP contribution is 2.19. The first-order valence-corrected chi connectivity index (χ1v) is 5.85. The molecule has 0 fully saturated rings. The largest absolute Gasteiger partial charge is 0.496 e. The van der Waals surface area contributed by atoms with Gasteiger partial charge in [-0.15, -0.1) is 0 Å². The molecular formula is C13H16FNO4. The van der Waals surface area contributed by atoms with Gasteiger partial charge in [0.1, 0.15) is 11.6 Å². The molecule has 1 amide bonds. The molecule has 1 aromatic rings. The summed E-state index contributed by atoms with van der Waals surface area (Å²) in [7, 11) is 1.48. The Morgan fingerprint density at radius 1 is 1.37 bits per heavy atom. The van der Waals surface area contributed by atoms with Crippen LogP contribution in [0.4, 0.5) is 4.39 Å². The fourth-order valence-corrected chi connectivity index (χ4v) is 1.52. The standard InChI is InChI=1S/C13H16FNO4/c1-3-19-13(17)12(16)15-7-6-9-8-10(14)4-5-11(9)18-2/h4-5,8H,3,6-7H2,1-2H3,(H,15,16). The van der Waals surface area contributed by atoms with E-state index < -0.39 is 11.9 Å². The minimum Gasteiger partial charge on any atom is -0.496 e. The van der Waals surface area contributed by atoms with Gasteiger partial charge in [0.05, 0.1) is 13.7 Å². The summed E-state index contributed by atoms with van der Waals surface area (Å²) in [5.74, 6) is -1.58. The molecule has 1 aromatic carbocycles. The summed E-state index contributed by atoms with van der Waals surface area (Å²) in [5.41, 5.74) is 0.617. The smallest absolute Gasteiger partial charge is 0.396 e. The minimum absolute atomic E-state index is 0.143. The monoisotopic (exact) mass is 269 g/mol. The van der Waals surface area contributed by atoms with E-state index in [2.05, 4.69) is 10.1 Å². The molecule has 5 nitrogen and oxygen atoms in total. The number of carbonyl (C=O) groups excluding carboxylic acids is 2. The molecule has 1 rings (SSSR count). The van der Waals surface area contributed by atoms with Gasteiger partial charge in [-0.1, -0.05) is 0 Å². The first-order chi connectivity index (χ1) is 9.08. The number of amides is 1. The van der Waals surface area contributed by atoms with Gasteiger partial charge in [-0.25, -0.2) is 9.18 Å². The van der Waals surface area contributed by atoms with Gasteiger partial charge in [0.15, 0.2) is 0 Å². The number of benzene rings is 1. The topological polar surface area (TPSA) is 64.6 Å².